The lowest BCUT2D eigenvalue weighted by Gasteiger charge is -2.27. The summed E-state index contributed by atoms with van der Waals surface area (Å²) < 4.78 is 132. The second-order valence-corrected chi connectivity index (χ2v) is 36.6. The van der Waals surface area contributed by atoms with E-state index in [-0.39, 0.29) is 75.4 Å². The highest BCUT2D eigenvalue weighted by atomic mass is 79.9. The molecule has 552 valence electrons. The van der Waals surface area contributed by atoms with Crippen LogP contribution in [0.15, 0.2) is 69.9 Å². The van der Waals surface area contributed by atoms with Crippen molar-refractivity contribution < 1.29 is 57.5 Å². The Morgan fingerprint density at radius 3 is 1.18 bits per heavy atom. The van der Waals surface area contributed by atoms with E-state index in [1.54, 1.807) is 43.8 Å². The van der Waals surface area contributed by atoms with Crippen LogP contribution in [-0.4, -0.2) is 139 Å². The largest absolute Gasteiger partial charge is 0.444 e. The molecule has 3 aromatic carbocycles. The molecule has 0 radical (unpaired) electrons. The molecule has 6 aromatic rings. The van der Waals surface area contributed by atoms with Gasteiger partial charge >= 0.3 is 12.2 Å². The van der Waals surface area contributed by atoms with Gasteiger partial charge in [0, 0.05) is 97.4 Å². The minimum atomic E-state index is -3.75. The maximum atomic E-state index is 15.5. The molecule has 3 aliphatic heterocycles. The first-order valence-electron chi connectivity index (χ1n) is 33.7. The number of sulfone groups is 3. The summed E-state index contributed by atoms with van der Waals surface area (Å²) >= 11 is 3.18. The summed E-state index contributed by atoms with van der Waals surface area (Å²) in [6, 6.07) is 7.80. The number of carbonyl (C=O) groups is 2. The Balaban J connectivity index is 0.000000176. The number of benzene rings is 3. The number of ether oxygens (including phenoxy) is 2. The lowest BCUT2D eigenvalue weighted by Crippen LogP contribution is -2.42. The van der Waals surface area contributed by atoms with Crippen LogP contribution in [-0.2, 0) is 39.0 Å². The Bertz CT molecular complexity index is 4710. The van der Waals surface area contributed by atoms with Crippen LogP contribution in [0.1, 0.15) is 155 Å². The van der Waals surface area contributed by atoms with Gasteiger partial charge < -0.3 is 54.7 Å². The third-order valence-corrected chi connectivity index (χ3v) is 23.3. The molecule has 3 saturated carbocycles. The standard InChI is InChI=1S/C25H34FN3O5S.C20H26FN3O3S.C14H13BrFNO3S.C11H22N2O2.ClH/c1-14-21-17(12-20(35(6,32)33)23(30)29(21)18-7-8-18)11-19(26)22(14)28-10-9-16(13-28)15(2)27-24(31)34-25(3,4)5;1-11-18-14(8-16(21)19(11)23-7-6-13(10-23)12(2)22)9-17(28(3,26)27)20(25)24(18)15-4-5-15;1-7-12(15)10(16)5-8-6-11(21(2,19)20)14(18)17(13(7)8)9-3-4-9;1-8(9-5-6-12-7-9)13-10(14)15-11(2,3)4;/h11-12,15-16,18H,7-10,13H2,1-6H3,(H,27,31);8-9,12-13,15H,4-7,10,22H2,1-3H3;5-6,9H,3-4H2,1-2H3;8-9,12H,5-7H2,1-4H3,(H,13,14);1H/t15-,16+;12-,13+;;8-,9+;/m00.0./s1. The fraction of sp³-hybridized carbons (Fsp3) is 0.586. The van der Waals surface area contributed by atoms with Crippen molar-refractivity contribution in [3.63, 3.8) is 0 Å². The molecule has 0 spiro atoms. The lowest BCUT2D eigenvalue weighted by molar-refractivity contribution is 0.0482. The number of hydrogen-bond donors (Lipinski definition) is 4. The molecule has 6 aliphatic rings. The molecule has 6 fully saturated rings. The number of pyridine rings is 3. The molecule has 3 aliphatic carbocycles. The highest BCUT2D eigenvalue weighted by molar-refractivity contribution is 9.10. The molecule has 12 rings (SSSR count). The number of nitrogens with two attached hydrogens (primary N) is 1. The smallest absolute Gasteiger partial charge is 0.407 e. The Morgan fingerprint density at radius 2 is 0.870 bits per heavy atom. The van der Waals surface area contributed by atoms with Gasteiger partial charge in [-0.1, -0.05) is 0 Å². The molecule has 3 saturated heterocycles. The van der Waals surface area contributed by atoms with Crippen LogP contribution in [0.5, 0.6) is 0 Å². The number of hydrogen-bond acceptors (Lipinski definition) is 17. The predicted molar refractivity (Wildman–Crippen MR) is 391 cm³/mol. The van der Waals surface area contributed by atoms with E-state index in [0.717, 1.165) is 89.6 Å². The van der Waals surface area contributed by atoms with Crippen LogP contribution in [0.2, 0.25) is 0 Å². The molecule has 6 heterocycles. The molecule has 0 bridgehead atoms. The molecule has 100 heavy (non-hydrogen) atoms. The maximum Gasteiger partial charge on any atom is 0.407 e. The zero-order valence-corrected chi connectivity index (χ0v) is 64.4. The topological polar surface area (TPSA) is 290 Å². The van der Waals surface area contributed by atoms with E-state index in [1.807, 2.05) is 58.3 Å². The number of alkyl carbamates (subject to hydrolysis) is 2. The van der Waals surface area contributed by atoms with Crippen molar-refractivity contribution in [2.75, 3.05) is 67.8 Å². The van der Waals surface area contributed by atoms with E-state index < -0.39 is 80.9 Å². The van der Waals surface area contributed by atoms with Crippen LogP contribution in [0.4, 0.5) is 34.1 Å². The van der Waals surface area contributed by atoms with Gasteiger partial charge in [-0.25, -0.2) is 48.0 Å². The van der Waals surface area contributed by atoms with Crippen molar-refractivity contribution in [1.82, 2.24) is 29.7 Å². The zero-order valence-electron chi connectivity index (χ0n) is 59.5. The van der Waals surface area contributed by atoms with Crippen molar-refractivity contribution in [3.8, 4) is 0 Å². The van der Waals surface area contributed by atoms with E-state index in [0.29, 0.717) is 103 Å². The second-order valence-electron chi connectivity index (χ2n) is 29.8. The molecule has 3 aromatic heterocycles. The summed E-state index contributed by atoms with van der Waals surface area (Å²) in [7, 11) is -11.1. The SMILES string of the molecule is C[C@H](NC(=O)OC(C)(C)C)[C@@H]1CCNC1.Cc1c(Br)c(F)cc2cc(S(C)(=O)=O)c(=O)n(C3CC3)c12.Cc1c(N2CC[C@@H]([C@H](C)N)C2)c(F)cc2cc(S(C)(=O)=O)c(=O)n(C3CC3)c12.Cc1c(N2CC[C@@H]([C@H](C)NC(=O)OC(C)(C)C)C2)c(F)cc2cc(S(C)(=O)=O)c(=O)n(C3CC3)c12.Cl. The highest BCUT2D eigenvalue weighted by Gasteiger charge is 2.38. The van der Waals surface area contributed by atoms with E-state index >= 15 is 8.78 Å². The van der Waals surface area contributed by atoms with Crippen molar-refractivity contribution in [1.29, 1.82) is 0 Å². The number of anilines is 2. The predicted octanol–water partition coefficient (Wildman–Crippen LogP) is 11.2. The third kappa shape index (κ3) is 18.2. The number of carbonyl (C=O) groups excluding carboxylic acids is 2. The Morgan fingerprint density at radius 1 is 0.540 bits per heavy atom. The van der Waals surface area contributed by atoms with E-state index in [9.17, 15) is 53.6 Å². The van der Waals surface area contributed by atoms with Crippen molar-refractivity contribution in [2.45, 2.75) is 203 Å². The zero-order chi connectivity index (χ0) is 73.2. The molecule has 2 amide bonds. The number of fused-ring (bicyclic) bond motifs is 3. The lowest BCUT2D eigenvalue weighted by atomic mass is 10.0. The first-order chi connectivity index (χ1) is 45.9. The van der Waals surface area contributed by atoms with Gasteiger partial charge in [0.1, 0.15) is 43.3 Å². The van der Waals surface area contributed by atoms with Gasteiger partial charge in [-0.05, 0) is 241 Å². The summed E-state index contributed by atoms with van der Waals surface area (Å²) in [5.74, 6) is -0.402. The van der Waals surface area contributed by atoms with Crippen molar-refractivity contribution in [3.05, 3.63) is 106 Å². The second kappa shape index (κ2) is 30.2. The normalized spacial score (nSPS) is 19.7. The van der Waals surface area contributed by atoms with Crippen molar-refractivity contribution in [2.24, 2.45) is 23.5 Å². The molecule has 0 unspecified atom stereocenters. The summed E-state index contributed by atoms with van der Waals surface area (Å²) in [6.07, 6.45) is 9.88. The van der Waals surface area contributed by atoms with E-state index in [4.69, 9.17) is 15.2 Å². The number of aromatic nitrogens is 3. The summed E-state index contributed by atoms with van der Waals surface area (Å²) in [4.78, 5) is 65.4. The Labute approximate surface area is 597 Å². The van der Waals surface area contributed by atoms with Crippen LogP contribution in [0, 0.1) is 56.0 Å². The summed E-state index contributed by atoms with van der Waals surface area (Å²) in [5.41, 5.74) is 8.11. The molecule has 5 N–H and O–H groups in total. The first-order valence-corrected chi connectivity index (χ1v) is 40.2. The fourth-order valence-electron chi connectivity index (χ4n) is 13.7. The van der Waals surface area contributed by atoms with Gasteiger partial charge in [0.15, 0.2) is 29.5 Å². The number of nitrogens with zero attached hydrogens (tertiary/aromatic N) is 5. The van der Waals surface area contributed by atoms with Crippen LogP contribution in [0.3, 0.4) is 0 Å². The Kier molecular flexibility index (Phi) is 24.0. The summed E-state index contributed by atoms with van der Waals surface area (Å²) in [6.45, 7) is 26.8. The Hall–Kier alpha value is -6.24. The molecule has 22 nitrogen and oxygen atoms in total. The average Bonchev–Trinajstić information content (AvgIpc) is 1.72. The highest BCUT2D eigenvalue weighted by Crippen LogP contribution is 2.44. The van der Waals surface area contributed by atoms with Crippen LogP contribution in [0.25, 0.3) is 32.7 Å². The van der Waals surface area contributed by atoms with E-state index in [2.05, 4.69) is 31.9 Å². The molecular weight excluding hydrogens is 1440 g/mol. The monoisotopic (exact) mass is 1540 g/mol. The van der Waals surface area contributed by atoms with Gasteiger partial charge in [0.25, 0.3) is 16.7 Å². The molecule has 6 atom stereocenters. The van der Waals surface area contributed by atoms with Gasteiger partial charge in [-0.15, -0.1) is 12.4 Å². The first kappa shape index (κ1) is 79.5. The molecular formula is C70H96BrClF3N9O13S3. The maximum absolute atomic E-state index is 15.5. The minimum Gasteiger partial charge on any atom is -0.444 e. The summed E-state index contributed by atoms with van der Waals surface area (Å²) in [5, 5.41) is 10.3. The van der Waals surface area contributed by atoms with Crippen molar-refractivity contribution >= 4 is 114 Å². The van der Waals surface area contributed by atoms with Gasteiger partial charge in [0.2, 0.25) is 0 Å². The number of rotatable bonds is 13. The minimum absolute atomic E-state index is 0. The van der Waals surface area contributed by atoms with Gasteiger partial charge in [0.05, 0.1) is 32.4 Å². The number of aryl methyl sites for hydroxylation is 3. The van der Waals surface area contributed by atoms with Gasteiger partial charge in [-0.3, -0.25) is 14.4 Å². The van der Waals surface area contributed by atoms with Crippen LogP contribution >= 0.6 is 28.3 Å². The van der Waals surface area contributed by atoms with Crippen LogP contribution < -0.4 is 48.2 Å². The fourth-order valence-corrected chi connectivity index (χ4v) is 16.2. The molecule has 30 heteroatoms. The van der Waals surface area contributed by atoms with E-state index in [1.165, 1.54) is 41.0 Å². The average molecular weight is 1540 g/mol. The number of nitrogens with one attached hydrogen (secondary N) is 3. The quantitative estimate of drug-likeness (QED) is 0.0835. The third-order valence-electron chi connectivity index (χ3n) is 19.1. The van der Waals surface area contributed by atoms with Gasteiger partial charge in [-0.2, -0.15) is 0 Å². The number of halogens is 5. The number of amides is 2.